The molecule has 1 aromatic heterocycles. The standard InChI is InChI=1S/C30H38F2O8.C30H36N2O7.2C18H15S.C3H6F2O.2CH4/c1-27(24(35)40-15-28(2,31)32,13-38-25(36)29-7-16-3-18(9-29)22(33)19(4-16)10-29)14-39-26(37)30-8-17-5-20(11-30)23(34)21(6-17)12-30;1-28(25(35)32-3-2-31-16-32,14-38-26(36)29-8-17-4-19(10-29)23(33)20(5-17)11-29)15-39-27(37)30-9-18-6-21(12-30)24(34)22(7-18)13-30;2*1-4-10-16(11-5-1)19(17-12-6-2-7-13-17)18-14-8-3-9-15-18;1-3(4,5)2-6;;/h16-21H,3-15H2,1-2H3;2-3,16-22H,4-15H2,1H3;2*1-15H;6H,2H2,1H3;2*1H4/q;;2*+1;;;. The van der Waals surface area contributed by atoms with Crippen LogP contribution in [0.3, 0.4) is 0 Å². The molecule has 16 aliphatic rings. The van der Waals surface area contributed by atoms with Gasteiger partial charge in [0.25, 0.3) is 11.8 Å². The van der Waals surface area contributed by atoms with Crippen LogP contribution in [0.4, 0.5) is 17.6 Å². The molecule has 16 fully saturated rings. The number of aromatic nitrogens is 2. The number of Topliss-reactive ketones (excluding diaryl/α,β-unsaturated/α-hetero) is 4. The van der Waals surface area contributed by atoms with Crippen LogP contribution in [0.2, 0.25) is 0 Å². The molecule has 8 atom stereocenters. The van der Waals surface area contributed by atoms with Crippen molar-refractivity contribution in [2.45, 2.75) is 212 Å². The van der Waals surface area contributed by atoms with E-state index in [0.29, 0.717) is 113 Å². The summed E-state index contributed by atoms with van der Waals surface area (Å²) >= 11 is 0. The molecule has 7 aromatic rings. The number of hydrogen-bond acceptors (Lipinski definition) is 17. The quantitative estimate of drug-likeness (QED) is 0.0270. The average Bonchev–Trinajstić information content (AvgIpc) is 1.62. The van der Waals surface area contributed by atoms with Gasteiger partial charge in [-0.25, -0.2) is 22.5 Å². The summed E-state index contributed by atoms with van der Waals surface area (Å²) in [6.07, 6.45) is 17.7. The van der Waals surface area contributed by atoms with Crippen molar-refractivity contribution in [1.29, 1.82) is 0 Å². The first-order chi connectivity index (χ1) is 58.8. The molecule has 0 saturated heterocycles. The highest BCUT2D eigenvalue weighted by Gasteiger charge is 2.64. The Labute approximate surface area is 736 Å². The van der Waals surface area contributed by atoms with Crippen LogP contribution in [0.15, 0.2) is 230 Å². The molecule has 1 heterocycles. The van der Waals surface area contributed by atoms with Crippen molar-refractivity contribution in [3.63, 3.8) is 0 Å². The second-order valence-electron chi connectivity index (χ2n) is 38.2. The zero-order valence-corrected chi connectivity index (χ0v) is 71.8. The van der Waals surface area contributed by atoms with Gasteiger partial charge in [-0.2, -0.15) is 0 Å². The Hall–Kier alpha value is -9.39. The molecule has 0 spiro atoms. The molecule has 16 saturated carbocycles. The molecular formula is C101H118F4N2O16S2+2. The second-order valence-corrected chi connectivity index (χ2v) is 42.2. The lowest BCUT2D eigenvalue weighted by atomic mass is 9.49. The molecule has 6 aromatic carbocycles. The number of alkyl halides is 4. The van der Waals surface area contributed by atoms with E-state index in [1.54, 1.807) is 6.92 Å². The third-order valence-corrected chi connectivity index (χ3v) is 32.6. The molecule has 23 rings (SSSR count). The fourth-order valence-electron chi connectivity index (χ4n) is 23.0. The number of carbonyl (C=O) groups is 10. The number of hydrogen-bond donors (Lipinski definition) is 1. The number of halogens is 4. The number of benzene rings is 6. The smallest absolute Gasteiger partial charge is 0.319 e. The number of imidazole rings is 1. The normalized spacial score (nSPS) is 29.6. The third kappa shape index (κ3) is 20.4. The SMILES string of the molecule is C.C.CC(COC(=O)C12CC3CC(C1)C(=O)C(C3)C2)(COC(=O)C12CC3CC(C1)C(=O)C(C3)C2)C(=O)n1ccnc1.CC(F)(F)CO.CC(F)(F)COC(=O)C(C)(COC(=O)C12CC3CC(C1)C(=O)C(C3)C2)COC(=O)C12CC3CC(C1)C(=O)C(C3)C2.c1ccc([S+](c2ccccc2)c2ccccc2)cc1.c1ccc([S+](c2ccccc2)c2ccccc2)cc1. The number of ketones is 4. The first-order valence-corrected chi connectivity index (χ1v) is 45.9. The lowest BCUT2D eigenvalue weighted by Crippen LogP contribution is -2.56. The number of carbonyl (C=O) groups excluding carboxylic acids is 10. The molecule has 0 aliphatic heterocycles. The van der Waals surface area contributed by atoms with Gasteiger partial charge in [0, 0.05) is 73.6 Å². The first kappa shape index (κ1) is 93.3. The van der Waals surface area contributed by atoms with Crippen LogP contribution in [0.5, 0.6) is 0 Å². The summed E-state index contributed by atoms with van der Waals surface area (Å²) in [7, 11) is -0.0293. The van der Waals surface area contributed by atoms with Gasteiger partial charge in [0.15, 0.2) is 36.0 Å². The highest BCUT2D eigenvalue weighted by molar-refractivity contribution is 7.97. The van der Waals surface area contributed by atoms with Gasteiger partial charge in [-0.15, -0.1) is 0 Å². The van der Waals surface area contributed by atoms with Crippen molar-refractivity contribution >= 4 is 80.7 Å². The summed E-state index contributed by atoms with van der Waals surface area (Å²) in [5, 5.41) is 7.65. The van der Waals surface area contributed by atoms with Crippen molar-refractivity contribution < 1.29 is 94.3 Å². The largest absolute Gasteiger partial charge is 0.464 e. The molecular weight excluding hydrogens is 1640 g/mol. The molecule has 24 heteroatoms. The van der Waals surface area contributed by atoms with E-state index in [1.807, 2.05) is 0 Å². The fourth-order valence-corrected chi connectivity index (χ4v) is 27.2. The molecule has 666 valence electrons. The van der Waals surface area contributed by atoms with Crippen LogP contribution < -0.4 is 0 Å². The highest BCUT2D eigenvalue weighted by Crippen LogP contribution is 2.63. The topological polar surface area (TPSA) is 255 Å². The number of ether oxygens (including phenoxy) is 5. The number of esters is 5. The Balaban J connectivity index is 0.000000146. The van der Waals surface area contributed by atoms with E-state index < -0.39 is 88.7 Å². The van der Waals surface area contributed by atoms with Gasteiger partial charge in [0.1, 0.15) is 73.3 Å². The Bertz CT molecular complexity index is 4460. The van der Waals surface area contributed by atoms with Gasteiger partial charge in [-0.1, -0.05) is 124 Å². The number of nitrogens with zero attached hydrogens (tertiary/aromatic N) is 2. The van der Waals surface area contributed by atoms with E-state index in [2.05, 4.69) is 187 Å². The summed E-state index contributed by atoms with van der Waals surface area (Å²) in [4.78, 5) is 143. The maximum atomic E-state index is 13.6. The predicted octanol–water partition coefficient (Wildman–Crippen LogP) is 18.9. The van der Waals surface area contributed by atoms with Gasteiger partial charge in [-0.05, 0) is 239 Å². The molecule has 8 unspecified atom stereocenters. The van der Waals surface area contributed by atoms with Crippen molar-refractivity contribution in [3.05, 3.63) is 201 Å². The molecule has 16 bridgehead atoms. The minimum absolute atomic E-state index is 0. The Kier molecular flexibility index (Phi) is 28.5. The Morgan fingerprint density at radius 3 is 0.784 bits per heavy atom. The zero-order chi connectivity index (χ0) is 86.9. The fraction of sp³-hybridized carbons (Fsp3) is 0.515. The van der Waals surface area contributed by atoms with E-state index >= 15 is 0 Å². The molecule has 0 radical (unpaired) electrons. The Morgan fingerprint density at radius 1 is 0.360 bits per heavy atom. The van der Waals surface area contributed by atoms with Crippen molar-refractivity contribution in [2.24, 2.45) is 104 Å². The molecule has 16 aliphatic carbocycles. The van der Waals surface area contributed by atoms with Gasteiger partial charge in [0.2, 0.25) is 5.91 Å². The van der Waals surface area contributed by atoms with Gasteiger partial charge in [0.05, 0.1) is 43.4 Å². The average molecular weight is 1760 g/mol. The zero-order valence-electron chi connectivity index (χ0n) is 70.2. The molecule has 0 amide bonds. The van der Waals surface area contributed by atoms with E-state index in [1.165, 1.54) is 59.6 Å². The van der Waals surface area contributed by atoms with Crippen LogP contribution in [-0.4, -0.2) is 125 Å². The minimum atomic E-state index is -3.26. The van der Waals surface area contributed by atoms with Gasteiger partial charge < -0.3 is 28.8 Å². The van der Waals surface area contributed by atoms with Crippen LogP contribution in [0.1, 0.15) is 176 Å². The summed E-state index contributed by atoms with van der Waals surface area (Å²) < 4.78 is 78.8. The number of aliphatic hydroxyl groups excluding tert-OH is 1. The van der Waals surface area contributed by atoms with Crippen molar-refractivity contribution in [2.75, 3.05) is 39.6 Å². The van der Waals surface area contributed by atoms with Crippen LogP contribution in [-0.2, 0) is 88.6 Å². The first-order valence-electron chi connectivity index (χ1n) is 43.5. The maximum Gasteiger partial charge on any atom is 0.319 e. The monoisotopic (exact) mass is 1750 g/mol. The maximum absolute atomic E-state index is 13.6. The summed E-state index contributed by atoms with van der Waals surface area (Å²) in [5.41, 5.74) is -5.91. The molecule has 18 nitrogen and oxygen atoms in total. The second kappa shape index (κ2) is 38.3. The van der Waals surface area contributed by atoms with Gasteiger partial charge >= 0.3 is 29.8 Å². The molecule has 1 N–H and O–H groups in total. The summed E-state index contributed by atoms with van der Waals surface area (Å²) in [5.74, 6) is -7.69. The van der Waals surface area contributed by atoms with Crippen LogP contribution >= 0.6 is 0 Å². The number of rotatable bonds is 23. The lowest BCUT2D eigenvalue weighted by molar-refractivity contribution is -0.190. The van der Waals surface area contributed by atoms with E-state index in [4.69, 9.17) is 28.8 Å². The molecule has 125 heavy (non-hydrogen) atoms. The van der Waals surface area contributed by atoms with Crippen LogP contribution in [0.25, 0.3) is 0 Å². The van der Waals surface area contributed by atoms with E-state index in [-0.39, 0.29) is 127 Å². The minimum Gasteiger partial charge on any atom is -0.464 e. The number of aliphatic hydroxyl groups is 1. The highest BCUT2D eigenvalue weighted by atomic mass is 32.2. The van der Waals surface area contributed by atoms with Gasteiger partial charge in [-0.3, -0.25) is 52.5 Å². The van der Waals surface area contributed by atoms with E-state index in [0.717, 1.165) is 64.2 Å². The third-order valence-electron chi connectivity index (χ3n) is 28.2. The van der Waals surface area contributed by atoms with Crippen molar-refractivity contribution in [1.82, 2.24) is 9.55 Å². The summed E-state index contributed by atoms with van der Waals surface area (Å²) in [6.45, 7) is 0.650. The Morgan fingerprint density at radius 2 is 0.584 bits per heavy atom. The predicted molar refractivity (Wildman–Crippen MR) is 463 cm³/mol. The van der Waals surface area contributed by atoms with E-state index in [9.17, 15) is 65.5 Å². The van der Waals surface area contributed by atoms with Crippen LogP contribution in [0, 0.1) is 104 Å². The summed E-state index contributed by atoms with van der Waals surface area (Å²) in [6, 6.07) is 64.3. The lowest BCUT2D eigenvalue weighted by Gasteiger charge is -2.54. The van der Waals surface area contributed by atoms with Crippen molar-refractivity contribution in [3.8, 4) is 0 Å².